The SMILES string of the molecule is CC(C)(Nc1ccc(C(=O)O)cc1[N+](=O)[O-])C1CC1. The van der Waals surface area contributed by atoms with Crippen LogP contribution in [0.4, 0.5) is 11.4 Å². The van der Waals surface area contributed by atoms with Crippen molar-refractivity contribution in [1.29, 1.82) is 0 Å². The van der Waals surface area contributed by atoms with Gasteiger partial charge in [-0.1, -0.05) is 0 Å². The highest BCUT2D eigenvalue weighted by atomic mass is 16.6. The van der Waals surface area contributed by atoms with Crippen LogP contribution in [-0.2, 0) is 0 Å². The van der Waals surface area contributed by atoms with Gasteiger partial charge in [0.2, 0.25) is 0 Å². The van der Waals surface area contributed by atoms with E-state index in [0.29, 0.717) is 11.6 Å². The predicted octanol–water partition coefficient (Wildman–Crippen LogP) is 2.89. The Kier molecular flexibility index (Phi) is 3.18. The van der Waals surface area contributed by atoms with Gasteiger partial charge in [0.05, 0.1) is 10.5 Å². The summed E-state index contributed by atoms with van der Waals surface area (Å²) in [5.41, 5.74) is -0.141. The van der Waals surface area contributed by atoms with E-state index in [1.165, 1.54) is 12.1 Å². The maximum atomic E-state index is 11.0. The molecule has 2 rings (SSSR count). The Hall–Kier alpha value is -2.11. The number of nitrogens with one attached hydrogen (secondary N) is 1. The number of nitro benzene ring substituents is 1. The molecule has 0 saturated heterocycles. The monoisotopic (exact) mass is 264 g/mol. The molecule has 0 amide bonds. The molecule has 1 aliphatic carbocycles. The third-order valence-electron chi connectivity index (χ3n) is 3.50. The number of rotatable bonds is 5. The molecule has 1 saturated carbocycles. The zero-order valence-electron chi connectivity index (χ0n) is 10.8. The van der Waals surface area contributed by atoms with Gasteiger partial charge in [-0.25, -0.2) is 4.79 Å². The van der Waals surface area contributed by atoms with E-state index in [1.807, 2.05) is 13.8 Å². The lowest BCUT2D eigenvalue weighted by Crippen LogP contribution is -2.33. The fraction of sp³-hybridized carbons (Fsp3) is 0.462. The first-order chi connectivity index (χ1) is 8.81. The smallest absolute Gasteiger partial charge is 0.335 e. The molecular weight excluding hydrogens is 248 g/mol. The minimum Gasteiger partial charge on any atom is -0.478 e. The summed E-state index contributed by atoms with van der Waals surface area (Å²) in [6, 6.07) is 3.93. The van der Waals surface area contributed by atoms with E-state index in [0.717, 1.165) is 18.9 Å². The summed E-state index contributed by atoms with van der Waals surface area (Å²) >= 11 is 0. The van der Waals surface area contributed by atoms with E-state index in [4.69, 9.17) is 5.11 Å². The van der Waals surface area contributed by atoms with Crippen molar-refractivity contribution in [1.82, 2.24) is 0 Å². The molecule has 0 radical (unpaired) electrons. The van der Waals surface area contributed by atoms with Crippen LogP contribution in [0.15, 0.2) is 18.2 Å². The van der Waals surface area contributed by atoms with Crippen molar-refractivity contribution in [2.75, 3.05) is 5.32 Å². The van der Waals surface area contributed by atoms with E-state index >= 15 is 0 Å². The van der Waals surface area contributed by atoms with Gasteiger partial charge in [0, 0.05) is 11.6 Å². The first-order valence-corrected chi connectivity index (χ1v) is 6.11. The van der Waals surface area contributed by atoms with Crippen molar-refractivity contribution in [3.63, 3.8) is 0 Å². The van der Waals surface area contributed by atoms with Gasteiger partial charge in [-0.2, -0.15) is 0 Å². The van der Waals surface area contributed by atoms with Gasteiger partial charge in [-0.05, 0) is 44.7 Å². The van der Waals surface area contributed by atoms with Gasteiger partial charge in [0.25, 0.3) is 5.69 Å². The van der Waals surface area contributed by atoms with Gasteiger partial charge in [0.15, 0.2) is 0 Å². The third kappa shape index (κ3) is 2.83. The molecule has 6 heteroatoms. The van der Waals surface area contributed by atoms with Crippen LogP contribution in [0, 0.1) is 16.0 Å². The van der Waals surface area contributed by atoms with E-state index in [2.05, 4.69) is 5.32 Å². The largest absolute Gasteiger partial charge is 0.478 e. The second kappa shape index (κ2) is 4.53. The molecule has 0 bridgehead atoms. The molecule has 0 atom stereocenters. The molecule has 1 fully saturated rings. The quantitative estimate of drug-likeness (QED) is 0.630. The van der Waals surface area contributed by atoms with Gasteiger partial charge in [0.1, 0.15) is 5.69 Å². The van der Waals surface area contributed by atoms with Crippen molar-refractivity contribution in [2.45, 2.75) is 32.2 Å². The zero-order valence-corrected chi connectivity index (χ0v) is 10.8. The summed E-state index contributed by atoms with van der Waals surface area (Å²) in [4.78, 5) is 21.3. The van der Waals surface area contributed by atoms with Crippen molar-refractivity contribution in [3.05, 3.63) is 33.9 Å². The standard InChI is InChI=1S/C13H16N2O4/c1-13(2,9-4-5-9)14-10-6-3-8(12(16)17)7-11(10)15(18)19/h3,6-7,9,14H,4-5H2,1-2H3,(H,16,17). The van der Waals surface area contributed by atoms with E-state index in [9.17, 15) is 14.9 Å². The molecule has 102 valence electrons. The van der Waals surface area contributed by atoms with E-state index in [1.54, 1.807) is 0 Å². The number of carboxylic acids is 1. The number of hydrogen-bond acceptors (Lipinski definition) is 4. The highest BCUT2D eigenvalue weighted by Crippen LogP contribution is 2.42. The van der Waals surface area contributed by atoms with Crippen molar-refractivity contribution in [2.24, 2.45) is 5.92 Å². The zero-order chi connectivity index (χ0) is 14.2. The van der Waals surface area contributed by atoms with Crippen LogP contribution in [0.2, 0.25) is 0 Å². The van der Waals surface area contributed by atoms with Gasteiger partial charge in [-0.3, -0.25) is 10.1 Å². The lowest BCUT2D eigenvalue weighted by atomic mass is 9.98. The average Bonchev–Trinajstić information content (AvgIpc) is 3.12. The Morgan fingerprint density at radius 2 is 2.11 bits per heavy atom. The molecule has 2 N–H and O–H groups in total. The van der Waals surface area contributed by atoms with Gasteiger partial charge in [-0.15, -0.1) is 0 Å². The number of hydrogen-bond donors (Lipinski definition) is 2. The molecule has 19 heavy (non-hydrogen) atoms. The van der Waals surface area contributed by atoms with Crippen molar-refractivity contribution in [3.8, 4) is 0 Å². The second-order valence-corrected chi connectivity index (χ2v) is 5.42. The molecule has 0 spiro atoms. The van der Waals surface area contributed by atoms with Crippen molar-refractivity contribution >= 4 is 17.3 Å². The minimum absolute atomic E-state index is 0.0820. The molecule has 6 nitrogen and oxygen atoms in total. The van der Waals surface area contributed by atoms with Crippen LogP contribution in [0.25, 0.3) is 0 Å². The molecule has 0 aliphatic heterocycles. The lowest BCUT2D eigenvalue weighted by Gasteiger charge is -2.27. The summed E-state index contributed by atoms with van der Waals surface area (Å²) in [5, 5.41) is 23.1. The lowest BCUT2D eigenvalue weighted by molar-refractivity contribution is -0.384. The number of anilines is 1. The molecular formula is C13H16N2O4. The Morgan fingerprint density at radius 1 is 1.47 bits per heavy atom. The fourth-order valence-corrected chi connectivity index (χ4v) is 2.18. The number of carboxylic acid groups (broad SMARTS) is 1. The molecule has 1 aliphatic rings. The summed E-state index contributed by atoms with van der Waals surface area (Å²) < 4.78 is 0. The highest BCUT2D eigenvalue weighted by molar-refractivity contribution is 5.89. The molecule has 0 unspecified atom stereocenters. The summed E-state index contributed by atoms with van der Waals surface area (Å²) in [7, 11) is 0. The predicted molar refractivity (Wildman–Crippen MR) is 70.5 cm³/mol. The molecule has 1 aromatic rings. The number of benzene rings is 1. The van der Waals surface area contributed by atoms with Gasteiger partial charge < -0.3 is 10.4 Å². The minimum atomic E-state index is -1.17. The Balaban J connectivity index is 2.34. The van der Waals surface area contributed by atoms with Crippen LogP contribution in [0.3, 0.4) is 0 Å². The molecule has 0 heterocycles. The van der Waals surface area contributed by atoms with Crippen LogP contribution in [0.1, 0.15) is 37.0 Å². The fourth-order valence-electron chi connectivity index (χ4n) is 2.18. The van der Waals surface area contributed by atoms with Crippen LogP contribution < -0.4 is 5.32 Å². The van der Waals surface area contributed by atoms with Gasteiger partial charge >= 0.3 is 5.97 Å². The number of nitrogens with zero attached hydrogens (tertiary/aromatic N) is 1. The maximum absolute atomic E-state index is 11.0. The summed E-state index contributed by atoms with van der Waals surface area (Å²) in [5.74, 6) is -0.664. The molecule has 0 aromatic heterocycles. The maximum Gasteiger partial charge on any atom is 0.335 e. The number of carbonyl (C=O) groups is 1. The Bertz CT molecular complexity index is 535. The first-order valence-electron chi connectivity index (χ1n) is 6.11. The molecule has 1 aromatic carbocycles. The first kappa shape index (κ1) is 13.3. The van der Waals surface area contributed by atoms with Crippen LogP contribution in [0.5, 0.6) is 0 Å². The average molecular weight is 264 g/mol. The second-order valence-electron chi connectivity index (χ2n) is 5.42. The van der Waals surface area contributed by atoms with Crippen LogP contribution >= 0.6 is 0 Å². The highest BCUT2D eigenvalue weighted by Gasteiger charge is 2.38. The summed E-state index contributed by atoms with van der Waals surface area (Å²) in [6.45, 7) is 4.00. The van der Waals surface area contributed by atoms with E-state index in [-0.39, 0.29) is 16.8 Å². The Labute approximate surface area is 110 Å². The van der Waals surface area contributed by atoms with E-state index < -0.39 is 10.9 Å². The van der Waals surface area contributed by atoms with Crippen molar-refractivity contribution < 1.29 is 14.8 Å². The Morgan fingerprint density at radius 3 is 2.58 bits per heavy atom. The third-order valence-corrected chi connectivity index (χ3v) is 3.50. The van der Waals surface area contributed by atoms with Crippen LogP contribution in [-0.4, -0.2) is 21.5 Å². The number of aromatic carboxylic acids is 1. The normalized spacial score (nSPS) is 15.1. The number of nitro groups is 1. The topological polar surface area (TPSA) is 92.5 Å². The summed E-state index contributed by atoms with van der Waals surface area (Å²) in [6.07, 6.45) is 2.22.